The number of hydrogen-bond donors (Lipinski definition) is 1. The first kappa shape index (κ1) is 15.1. The van der Waals surface area contributed by atoms with Crippen molar-refractivity contribution in [2.45, 2.75) is 26.9 Å². The van der Waals surface area contributed by atoms with Gasteiger partial charge in [-0.3, -0.25) is 0 Å². The van der Waals surface area contributed by atoms with E-state index < -0.39 is 0 Å². The number of benzene rings is 1. The summed E-state index contributed by atoms with van der Waals surface area (Å²) >= 11 is 3.43. The van der Waals surface area contributed by atoms with E-state index in [1.165, 1.54) is 18.5 Å². The van der Waals surface area contributed by atoms with Crippen LogP contribution in [0.4, 0.5) is 4.39 Å². The van der Waals surface area contributed by atoms with Crippen LogP contribution in [0.1, 0.15) is 25.2 Å². The van der Waals surface area contributed by atoms with Crippen molar-refractivity contribution in [3.05, 3.63) is 46.2 Å². The third kappa shape index (κ3) is 4.11. The molecule has 0 spiro atoms. The molecule has 20 heavy (non-hydrogen) atoms. The SMILES string of the molecule is CC(C)CNCc1ncnn1Cc1cc(F)ccc1Br. The number of nitrogens with one attached hydrogen (secondary N) is 1. The average Bonchev–Trinajstić information content (AvgIpc) is 2.81. The van der Waals surface area contributed by atoms with E-state index in [-0.39, 0.29) is 5.82 Å². The predicted octanol–water partition coefficient (Wildman–Crippen LogP) is 2.97. The van der Waals surface area contributed by atoms with Gasteiger partial charge in [-0.2, -0.15) is 5.10 Å². The Kier molecular flexibility index (Phi) is 5.25. The standard InChI is InChI=1S/C14H18BrFN4/c1-10(2)6-17-7-14-18-9-19-20(14)8-11-5-12(16)3-4-13(11)15/h3-5,9-10,17H,6-8H2,1-2H3. The molecule has 1 heterocycles. The van der Waals surface area contributed by atoms with Gasteiger partial charge in [0.25, 0.3) is 0 Å². The van der Waals surface area contributed by atoms with Gasteiger partial charge in [-0.1, -0.05) is 29.8 Å². The van der Waals surface area contributed by atoms with Crippen molar-refractivity contribution in [2.75, 3.05) is 6.54 Å². The van der Waals surface area contributed by atoms with E-state index in [2.05, 4.69) is 45.2 Å². The van der Waals surface area contributed by atoms with Gasteiger partial charge in [-0.15, -0.1) is 0 Å². The third-order valence-corrected chi connectivity index (χ3v) is 3.63. The van der Waals surface area contributed by atoms with Crippen molar-refractivity contribution < 1.29 is 4.39 Å². The Morgan fingerprint density at radius 1 is 1.40 bits per heavy atom. The van der Waals surface area contributed by atoms with Crippen LogP contribution in [0.15, 0.2) is 29.0 Å². The van der Waals surface area contributed by atoms with Crippen LogP contribution < -0.4 is 5.32 Å². The summed E-state index contributed by atoms with van der Waals surface area (Å²) in [7, 11) is 0. The van der Waals surface area contributed by atoms with Crippen molar-refractivity contribution in [3.63, 3.8) is 0 Å². The van der Waals surface area contributed by atoms with Gasteiger partial charge >= 0.3 is 0 Å². The second-order valence-corrected chi connectivity index (χ2v) is 5.95. The maximum absolute atomic E-state index is 13.3. The molecule has 0 fully saturated rings. The minimum Gasteiger partial charge on any atom is -0.310 e. The molecular weight excluding hydrogens is 323 g/mol. The Balaban J connectivity index is 2.06. The Morgan fingerprint density at radius 2 is 2.20 bits per heavy atom. The molecule has 1 aromatic heterocycles. The lowest BCUT2D eigenvalue weighted by atomic mass is 10.2. The van der Waals surface area contributed by atoms with Crippen LogP contribution in [-0.2, 0) is 13.1 Å². The van der Waals surface area contributed by atoms with Gasteiger partial charge in [0.05, 0.1) is 13.1 Å². The molecule has 4 nitrogen and oxygen atoms in total. The molecule has 2 rings (SSSR count). The van der Waals surface area contributed by atoms with Gasteiger partial charge in [0.15, 0.2) is 0 Å². The molecule has 0 unspecified atom stereocenters. The summed E-state index contributed by atoms with van der Waals surface area (Å²) in [5, 5.41) is 7.53. The van der Waals surface area contributed by atoms with Gasteiger partial charge in [-0.25, -0.2) is 14.1 Å². The van der Waals surface area contributed by atoms with Gasteiger partial charge in [0, 0.05) is 4.47 Å². The normalized spacial score (nSPS) is 11.2. The fraction of sp³-hybridized carbons (Fsp3) is 0.429. The van der Waals surface area contributed by atoms with Crippen molar-refractivity contribution in [3.8, 4) is 0 Å². The van der Waals surface area contributed by atoms with Crippen LogP contribution in [0.3, 0.4) is 0 Å². The number of hydrogen-bond acceptors (Lipinski definition) is 3. The minimum atomic E-state index is -0.247. The molecule has 0 aliphatic carbocycles. The highest BCUT2D eigenvalue weighted by atomic mass is 79.9. The molecule has 0 radical (unpaired) electrons. The molecule has 6 heteroatoms. The van der Waals surface area contributed by atoms with Crippen LogP contribution in [0, 0.1) is 11.7 Å². The van der Waals surface area contributed by atoms with E-state index in [0.717, 1.165) is 22.4 Å². The van der Waals surface area contributed by atoms with Crippen molar-refractivity contribution in [2.24, 2.45) is 5.92 Å². The molecule has 0 bridgehead atoms. The van der Waals surface area contributed by atoms with Crippen LogP contribution >= 0.6 is 15.9 Å². The fourth-order valence-electron chi connectivity index (χ4n) is 1.86. The molecule has 0 aliphatic rings. The Bertz CT molecular complexity index is 568. The second kappa shape index (κ2) is 6.95. The quantitative estimate of drug-likeness (QED) is 0.878. The Hall–Kier alpha value is -1.27. The van der Waals surface area contributed by atoms with E-state index in [1.807, 2.05) is 0 Å². The summed E-state index contributed by atoms with van der Waals surface area (Å²) in [6.45, 7) is 6.39. The lowest BCUT2D eigenvalue weighted by Crippen LogP contribution is -2.22. The summed E-state index contributed by atoms with van der Waals surface area (Å²) in [5.74, 6) is 1.19. The Morgan fingerprint density at radius 3 is 2.95 bits per heavy atom. The highest BCUT2D eigenvalue weighted by Crippen LogP contribution is 2.19. The number of nitrogens with zero attached hydrogens (tertiary/aromatic N) is 3. The monoisotopic (exact) mass is 340 g/mol. The predicted molar refractivity (Wildman–Crippen MR) is 79.8 cm³/mol. The van der Waals surface area contributed by atoms with E-state index in [1.54, 1.807) is 10.7 Å². The molecule has 0 saturated carbocycles. The Labute approximate surface area is 126 Å². The zero-order valence-corrected chi connectivity index (χ0v) is 13.2. The third-order valence-electron chi connectivity index (χ3n) is 2.86. The molecule has 2 aromatic rings. The molecule has 0 saturated heterocycles. The van der Waals surface area contributed by atoms with Crippen LogP contribution in [0.2, 0.25) is 0 Å². The van der Waals surface area contributed by atoms with Crippen molar-refractivity contribution in [1.29, 1.82) is 0 Å². The smallest absolute Gasteiger partial charge is 0.141 e. The minimum absolute atomic E-state index is 0.247. The maximum Gasteiger partial charge on any atom is 0.141 e. The second-order valence-electron chi connectivity index (χ2n) is 5.09. The fourth-order valence-corrected chi connectivity index (χ4v) is 2.23. The van der Waals surface area contributed by atoms with Crippen LogP contribution in [0.5, 0.6) is 0 Å². The average molecular weight is 341 g/mol. The summed E-state index contributed by atoms with van der Waals surface area (Å²) in [4.78, 5) is 4.24. The van der Waals surface area contributed by atoms with Crippen LogP contribution in [0.25, 0.3) is 0 Å². The van der Waals surface area contributed by atoms with Gasteiger partial charge in [-0.05, 0) is 36.2 Å². The summed E-state index contributed by atoms with van der Waals surface area (Å²) < 4.78 is 15.9. The molecule has 0 aliphatic heterocycles. The lowest BCUT2D eigenvalue weighted by molar-refractivity contribution is 0.522. The highest BCUT2D eigenvalue weighted by Gasteiger charge is 2.08. The number of rotatable bonds is 6. The van der Waals surface area contributed by atoms with Gasteiger partial charge < -0.3 is 5.32 Å². The maximum atomic E-state index is 13.3. The highest BCUT2D eigenvalue weighted by molar-refractivity contribution is 9.10. The topological polar surface area (TPSA) is 42.7 Å². The number of halogens is 2. The van der Waals surface area contributed by atoms with Crippen molar-refractivity contribution >= 4 is 15.9 Å². The summed E-state index contributed by atoms with van der Waals surface area (Å²) in [6.07, 6.45) is 1.53. The van der Waals surface area contributed by atoms with E-state index in [4.69, 9.17) is 0 Å². The molecule has 1 N–H and O–H groups in total. The molecule has 0 atom stereocenters. The van der Waals surface area contributed by atoms with Gasteiger partial charge in [0.1, 0.15) is 18.0 Å². The van der Waals surface area contributed by atoms with E-state index in [9.17, 15) is 4.39 Å². The molecular formula is C14H18BrFN4. The first-order chi connectivity index (χ1) is 9.56. The van der Waals surface area contributed by atoms with Crippen molar-refractivity contribution in [1.82, 2.24) is 20.1 Å². The summed E-state index contributed by atoms with van der Waals surface area (Å²) in [5.41, 5.74) is 0.848. The molecule has 0 amide bonds. The molecule has 108 valence electrons. The summed E-state index contributed by atoms with van der Waals surface area (Å²) in [6, 6.07) is 4.65. The molecule has 1 aromatic carbocycles. The van der Waals surface area contributed by atoms with Gasteiger partial charge in [0.2, 0.25) is 0 Å². The zero-order valence-electron chi connectivity index (χ0n) is 11.6. The van der Waals surface area contributed by atoms with E-state index in [0.29, 0.717) is 19.0 Å². The largest absolute Gasteiger partial charge is 0.310 e. The lowest BCUT2D eigenvalue weighted by Gasteiger charge is -2.10. The first-order valence-corrected chi connectivity index (χ1v) is 7.37. The zero-order chi connectivity index (χ0) is 14.5. The first-order valence-electron chi connectivity index (χ1n) is 6.57. The van der Waals surface area contributed by atoms with E-state index >= 15 is 0 Å². The van der Waals surface area contributed by atoms with Crippen LogP contribution in [-0.4, -0.2) is 21.3 Å². The number of aromatic nitrogens is 3.